The zero-order valence-corrected chi connectivity index (χ0v) is 18.1. The summed E-state index contributed by atoms with van der Waals surface area (Å²) in [6, 6.07) is 14.3. The van der Waals surface area contributed by atoms with E-state index < -0.39 is 8.07 Å². The maximum atomic E-state index is 2.53. The summed E-state index contributed by atoms with van der Waals surface area (Å²) in [6.07, 6.45) is 5.37. The normalized spacial score (nSPS) is 22.1. The van der Waals surface area contributed by atoms with Crippen LogP contribution in [0.5, 0.6) is 0 Å². The van der Waals surface area contributed by atoms with E-state index in [0.717, 1.165) is 22.5 Å². The quantitative estimate of drug-likeness (QED) is 0.476. The van der Waals surface area contributed by atoms with Gasteiger partial charge >= 0.3 is 0 Å². The van der Waals surface area contributed by atoms with Crippen molar-refractivity contribution in [2.24, 2.45) is 0 Å². The molecule has 0 aliphatic carbocycles. The number of hydrogen-bond donors (Lipinski definition) is 0. The average molecular weight is 353 g/mol. The highest BCUT2D eigenvalue weighted by molar-refractivity contribution is 6.97. The summed E-state index contributed by atoms with van der Waals surface area (Å²) >= 11 is 0. The third kappa shape index (κ3) is 2.70. The minimum atomic E-state index is -1.64. The molecule has 0 saturated heterocycles. The predicted octanol–water partition coefficient (Wildman–Crippen LogP) is 7.38. The van der Waals surface area contributed by atoms with Gasteiger partial charge in [-0.05, 0) is 45.3 Å². The second-order valence-corrected chi connectivity index (χ2v) is 14.2. The highest BCUT2D eigenvalue weighted by atomic mass is 28.3. The van der Waals surface area contributed by atoms with Gasteiger partial charge in [0.2, 0.25) is 0 Å². The van der Waals surface area contributed by atoms with Gasteiger partial charge in [-0.25, -0.2) is 0 Å². The Labute approximate surface area is 156 Å². The Bertz CT molecular complexity index is 715. The van der Waals surface area contributed by atoms with E-state index in [-0.39, 0.29) is 0 Å². The van der Waals surface area contributed by atoms with E-state index >= 15 is 0 Å². The molecular weight excluding hydrogens is 316 g/mol. The smallest absolute Gasteiger partial charge is 0.0654 e. The third-order valence-corrected chi connectivity index (χ3v) is 14.1. The van der Waals surface area contributed by atoms with Gasteiger partial charge in [-0.1, -0.05) is 102 Å². The summed E-state index contributed by atoms with van der Waals surface area (Å²) in [6.45, 7) is 14.9. The van der Waals surface area contributed by atoms with Gasteiger partial charge in [-0.3, -0.25) is 0 Å². The Morgan fingerprint density at radius 3 is 2.00 bits per heavy atom. The van der Waals surface area contributed by atoms with E-state index in [2.05, 4.69) is 77.9 Å². The molecule has 25 heavy (non-hydrogen) atoms. The van der Waals surface area contributed by atoms with Crippen LogP contribution in [0, 0.1) is 0 Å². The van der Waals surface area contributed by atoms with E-state index in [4.69, 9.17) is 0 Å². The highest BCUT2D eigenvalue weighted by Crippen LogP contribution is 2.56. The third-order valence-electron chi connectivity index (χ3n) is 7.01. The van der Waals surface area contributed by atoms with Gasteiger partial charge in [-0.15, -0.1) is 0 Å². The van der Waals surface area contributed by atoms with Crippen LogP contribution in [-0.2, 0) is 0 Å². The van der Waals surface area contributed by atoms with Crippen LogP contribution in [0.2, 0.25) is 16.6 Å². The van der Waals surface area contributed by atoms with E-state index in [1.54, 1.807) is 16.1 Å². The van der Waals surface area contributed by atoms with E-state index in [9.17, 15) is 0 Å². The van der Waals surface area contributed by atoms with Crippen molar-refractivity contribution in [1.29, 1.82) is 0 Å². The standard InChI is InChI=1S/C24H36Si/c1-7-11-20-21-15-9-13-19-14-10-16-23(24(19)21)25(17(3)4,18(5)6)22(20)12-8-2/h9-10,13-18,20,22H,7-8,11-12H2,1-6H3/t20-,22+/m1/s1. The molecule has 1 heterocycles. The zero-order valence-electron chi connectivity index (χ0n) is 17.1. The highest BCUT2D eigenvalue weighted by Gasteiger charge is 2.53. The van der Waals surface area contributed by atoms with Gasteiger partial charge in [0.1, 0.15) is 0 Å². The molecule has 0 nitrogen and oxygen atoms in total. The van der Waals surface area contributed by atoms with Crippen molar-refractivity contribution < 1.29 is 0 Å². The molecule has 1 aliphatic rings. The Kier molecular flexibility index (Phi) is 5.44. The second kappa shape index (κ2) is 7.27. The van der Waals surface area contributed by atoms with E-state index in [0.29, 0.717) is 0 Å². The molecule has 2 aromatic rings. The topological polar surface area (TPSA) is 0 Å². The maximum Gasteiger partial charge on any atom is 0.0962 e. The molecule has 0 saturated carbocycles. The monoisotopic (exact) mass is 352 g/mol. The fourth-order valence-electron chi connectivity index (χ4n) is 6.35. The van der Waals surface area contributed by atoms with Gasteiger partial charge in [0.05, 0.1) is 8.07 Å². The fraction of sp³-hybridized carbons (Fsp3) is 0.583. The maximum absolute atomic E-state index is 2.53. The van der Waals surface area contributed by atoms with Crippen LogP contribution in [0.1, 0.15) is 78.7 Å². The van der Waals surface area contributed by atoms with Gasteiger partial charge in [0.15, 0.2) is 0 Å². The number of benzene rings is 2. The SMILES string of the molecule is CCC[C@@H]1c2cccc3cccc(c23)[Si](C(C)C)(C(C)C)[C@H]1CCC. The lowest BCUT2D eigenvalue weighted by Crippen LogP contribution is -2.60. The fourth-order valence-corrected chi connectivity index (χ4v) is 13.9. The van der Waals surface area contributed by atoms with E-state index in [1.165, 1.54) is 31.1 Å². The molecule has 0 amide bonds. The lowest BCUT2D eigenvalue weighted by Gasteiger charge is -2.53. The molecule has 0 unspecified atom stereocenters. The Balaban J connectivity index is 2.41. The first-order valence-electron chi connectivity index (χ1n) is 10.5. The van der Waals surface area contributed by atoms with Gasteiger partial charge in [0, 0.05) is 0 Å². The van der Waals surface area contributed by atoms with Crippen LogP contribution in [0.4, 0.5) is 0 Å². The average Bonchev–Trinajstić information content (AvgIpc) is 2.58. The summed E-state index contributed by atoms with van der Waals surface area (Å²) < 4.78 is 0. The van der Waals surface area contributed by atoms with Gasteiger partial charge in [-0.2, -0.15) is 0 Å². The molecule has 3 rings (SSSR count). The predicted molar refractivity (Wildman–Crippen MR) is 116 cm³/mol. The minimum absolute atomic E-state index is 0.764. The van der Waals surface area contributed by atoms with Crippen molar-refractivity contribution >= 4 is 24.0 Å². The van der Waals surface area contributed by atoms with Crippen molar-refractivity contribution in [1.82, 2.24) is 0 Å². The summed E-state index contributed by atoms with van der Waals surface area (Å²) in [5.74, 6) is 0.764. The molecular formula is C24H36Si. The molecule has 1 aliphatic heterocycles. The van der Waals surface area contributed by atoms with Gasteiger partial charge in [0.25, 0.3) is 0 Å². The molecule has 0 spiro atoms. The first-order chi connectivity index (χ1) is 12.0. The number of hydrogen-bond acceptors (Lipinski definition) is 0. The molecule has 0 bridgehead atoms. The van der Waals surface area contributed by atoms with Crippen molar-refractivity contribution in [3.05, 3.63) is 42.0 Å². The van der Waals surface area contributed by atoms with Crippen LogP contribution in [-0.4, -0.2) is 8.07 Å². The first-order valence-corrected chi connectivity index (χ1v) is 12.7. The molecule has 1 heteroatoms. The largest absolute Gasteiger partial charge is 0.0962 e. The molecule has 0 radical (unpaired) electrons. The van der Waals surface area contributed by atoms with Crippen molar-refractivity contribution in [2.75, 3.05) is 0 Å². The Hall–Kier alpha value is -1.08. The summed E-state index contributed by atoms with van der Waals surface area (Å²) in [4.78, 5) is 0. The molecule has 0 N–H and O–H groups in total. The van der Waals surface area contributed by atoms with Gasteiger partial charge < -0.3 is 0 Å². The molecule has 2 aromatic carbocycles. The van der Waals surface area contributed by atoms with Crippen molar-refractivity contribution in [3.8, 4) is 0 Å². The molecule has 0 aromatic heterocycles. The molecule has 136 valence electrons. The molecule has 2 atom stereocenters. The van der Waals surface area contributed by atoms with Crippen LogP contribution < -0.4 is 5.19 Å². The van der Waals surface area contributed by atoms with Crippen LogP contribution in [0.25, 0.3) is 10.8 Å². The number of rotatable bonds is 6. The Morgan fingerprint density at radius 2 is 1.44 bits per heavy atom. The summed E-state index contributed by atoms with van der Waals surface area (Å²) in [7, 11) is -1.64. The zero-order chi connectivity index (χ0) is 18.2. The van der Waals surface area contributed by atoms with Crippen LogP contribution in [0.15, 0.2) is 36.4 Å². The minimum Gasteiger partial charge on any atom is -0.0654 e. The summed E-state index contributed by atoms with van der Waals surface area (Å²) in [5.41, 5.74) is 4.14. The van der Waals surface area contributed by atoms with E-state index in [1.807, 2.05) is 0 Å². The Morgan fingerprint density at radius 1 is 0.840 bits per heavy atom. The van der Waals surface area contributed by atoms with Crippen LogP contribution in [0.3, 0.4) is 0 Å². The summed E-state index contributed by atoms with van der Waals surface area (Å²) in [5, 5.41) is 4.89. The van der Waals surface area contributed by atoms with Crippen LogP contribution >= 0.6 is 0 Å². The molecule has 0 fully saturated rings. The lowest BCUT2D eigenvalue weighted by atomic mass is 9.85. The first kappa shape index (κ1) is 18.7. The lowest BCUT2D eigenvalue weighted by molar-refractivity contribution is 0.515. The van der Waals surface area contributed by atoms with Crippen molar-refractivity contribution in [3.63, 3.8) is 0 Å². The second-order valence-electron chi connectivity index (χ2n) is 8.78. The van der Waals surface area contributed by atoms with Crippen molar-refractivity contribution in [2.45, 2.75) is 89.8 Å².